The molecule has 0 saturated heterocycles. The fraction of sp³-hybridized carbons (Fsp3) is 0.286. The highest BCUT2D eigenvalue weighted by Crippen LogP contribution is 2.33. The lowest BCUT2D eigenvalue weighted by molar-refractivity contribution is -0.723. The largest absolute Gasteiger partial charge is 1.00 e. The van der Waals surface area contributed by atoms with Crippen molar-refractivity contribution in [3.8, 4) is 5.75 Å². The maximum absolute atomic E-state index is 9.44. The molecule has 1 aromatic rings. The number of rotatable bonds is 0. The highest BCUT2D eigenvalue weighted by Gasteiger charge is 2.25. The number of halogens is 2. The first kappa shape index (κ1) is 10.2. The van der Waals surface area contributed by atoms with Gasteiger partial charge in [0.05, 0.1) is 10.8 Å². The van der Waals surface area contributed by atoms with E-state index in [9.17, 15) is 5.11 Å². The molecule has 0 atom stereocenters. The Labute approximate surface area is 90.3 Å². The van der Waals surface area contributed by atoms with Crippen molar-refractivity contribution in [3.63, 3.8) is 0 Å². The van der Waals surface area contributed by atoms with Crippen LogP contribution in [0.3, 0.4) is 0 Å². The quantitative estimate of drug-likeness (QED) is 0.576. The summed E-state index contributed by atoms with van der Waals surface area (Å²) in [6.07, 6.45) is 1.90. The van der Waals surface area contributed by atoms with Crippen LogP contribution < -0.4 is 21.5 Å². The molecule has 1 aromatic heterocycles. The number of nitrogens with zero attached hydrogens (tertiary/aromatic N) is 1. The summed E-state index contributed by atoms with van der Waals surface area (Å²) in [7, 11) is 0. The molecule has 1 N–H and O–H groups in total. The molecule has 2 rings (SSSR count). The Hall–Kier alpha value is 0.0700. The van der Waals surface area contributed by atoms with E-state index in [0.29, 0.717) is 5.02 Å². The van der Waals surface area contributed by atoms with Gasteiger partial charge in [-0.15, -0.1) is 0 Å². The minimum Gasteiger partial charge on any atom is -1.00 e. The van der Waals surface area contributed by atoms with Crippen LogP contribution in [0.5, 0.6) is 5.75 Å². The van der Waals surface area contributed by atoms with Crippen LogP contribution in [0, 0.1) is 0 Å². The predicted octanol–water partition coefficient (Wildman–Crippen LogP) is -1.56. The van der Waals surface area contributed by atoms with Gasteiger partial charge in [-0.1, -0.05) is 11.6 Å². The van der Waals surface area contributed by atoms with Crippen LogP contribution in [0.4, 0.5) is 0 Å². The zero-order chi connectivity index (χ0) is 7.84. The first-order chi connectivity index (χ1) is 5.29. The van der Waals surface area contributed by atoms with Gasteiger partial charge >= 0.3 is 0 Å². The van der Waals surface area contributed by atoms with Crippen molar-refractivity contribution in [2.75, 3.05) is 5.75 Å². The first-order valence-electron chi connectivity index (χ1n) is 3.33. The Morgan fingerprint density at radius 2 is 2.33 bits per heavy atom. The van der Waals surface area contributed by atoms with Crippen LogP contribution in [0.15, 0.2) is 17.3 Å². The first-order valence-corrected chi connectivity index (χ1v) is 4.69. The summed E-state index contributed by atoms with van der Waals surface area (Å²) in [5, 5.41) is 10.8. The maximum atomic E-state index is 9.44. The molecule has 0 bridgehead atoms. The fourth-order valence-electron chi connectivity index (χ4n) is 1.11. The van der Waals surface area contributed by atoms with Gasteiger partial charge in [0, 0.05) is 6.07 Å². The normalized spacial score (nSPS) is 13.8. The van der Waals surface area contributed by atoms with E-state index in [1.54, 1.807) is 17.8 Å². The summed E-state index contributed by atoms with van der Waals surface area (Å²) in [6.45, 7) is 0.963. The van der Waals surface area contributed by atoms with Crippen molar-refractivity contribution < 1.29 is 26.7 Å². The molecule has 66 valence electrons. The summed E-state index contributed by atoms with van der Waals surface area (Å²) in [5.74, 6) is 1.24. The number of aromatic nitrogens is 1. The predicted molar refractivity (Wildman–Crippen MR) is 44.0 cm³/mol. The lowest BCUT2D eigenvalue weighted by atomic mass is 10.4. The van der Waals surface area contributed by atoms with Crippen molar-refractivity contribution in [1.29, 1.82) is 0 Å². The second-order valence-corrected chi connectivity index (χ2v) is 3.85. The van der Waals surface area contributed by atoms with E-state index in [0.717, 1.165) is 17.3 Å². The minimum atomic E-state index is 0. The fourth-order valence-corrected chi connectivity index (χ4v) is 2.36. The molecule has 12 heavy (non-hydrogen) atoms. The molecule has 5 heteroatoms. The zero-order valence-electron chi connectivity index (χ0n) is 6.13. The van der Waals surface area contributed by atoms with Crippen molar-refractivity contribution in [2.24, 2.45) is 0 Å². The third-order valence-electron chi connectivity index (χ3n) is 1.66. The minimum absolute atomic E-state index is 0. The third-order valence-corrected chi connectivity index (χ3v) is 3.05. The number of pyridine rings is 1. The number of hydrogen-bond donors (Lipinski definition) is 1. The molecule has 0 saturated carbocycles. The van der Waals surface area contributed by atoms with Gasteiger partial charge in [0.25, 0.3) is 5.03 Å². The van der Waals surface area contributed by atoms with Crippen LogP contribution in [0.2, 0.25) is 5.02 Å². The molecule has 1 aliphatic rings. The average Bonchev–Trinajstić information content (AvgIpc) is 2.45. The summed E-state index contributed by atoms with van der Waals surface area (Å²) in [6, 6.07) is 1.71. The molecule has 0 spiro atoms. The Bertz CT molecular complexity index is 308. The van der Waals surface area contributed by atoms with Crippen molar-refractivity contribution in [1.82, 2.24) is 0 Å². The maximum Gasteiger partial charge on any atom is 0.284 e. The van der Waals surface area contributed by atoms with Gasteiger partial charge < -0.3 is 22.1 Å². The van der Waals surface area contributed by atoms with E-state index in [1.165, 1.54) is 0 Å². The van der Waals surface area contributed by atoms with Gasteiger partial charge in [-0.2, -0.15) is 4.57 Å². The van der Waals surface area contributed by atoms with Gasteiger partial charge in [-0.25, -0.2) is 0 Å². The van der Waals surface area contributed by atoms with Crippen LogP contribution in [-0.2, 0) is 6.54 Å². The summed E-state index contributed by atoms with van der Waals surface area (Å²) < 4.78 is 2.01. The van der Waals surface area contributed by atoms with Crippen LogP contribution in [-0.4, -0.2) is 10.9 Å². The number of aromatic hydroxyl groups is 1. The third kappa shape index (κ3) is 1.56. The Kier molecular flexibility index (Phi) is 3.26. The van der Waals surface area contributed by atoms with Gasteiger partial charge in [0.1, 0.15) is 0 Å². The molecule has 0 unspecified atom stereocenters. The standard InChI is InChI=1S/C7H6ClNOS.BrH/c8-5-1-2-9-3-4-11-7(9)6(5)10;/h1-2H,3-4H2;1H. The van der Waals surface area contributed by atoms with Crippen LogP contribution >= 0.6 is 23.4 Å². The van der Waals surface area contributed by atoms with Crippen molar-refractivity contribution in [2.45, 2.75) is 11.6 Å². The topological polar surface area (TPSA) is 24.1 Å². The molecular formula is C7H7BrClNOS. The summed E-state index contributed by atoms with van der Waals surface area (Å²) >= 11 is 7.35. The molecule has 0 fully saturated rings. The molecule has 0 aromatic carbocycles. The smallest absolute Gasteiger partial charge is 0.284 e. The van der Waals surface area contributed by atoms with E-state index in [-0.39, 0.29) is 22.7 Å². The molecule has 0 aliphatic carbocycles. The Morgan fingerprint density at radius 1 is 1.58 bits per heavy atom. The highest BCUT2D eigenvalue weighted by atomic mass is 79.9. The monoisotopic (exact) mass is 267 g/mol. The SMILES string of the molecule is Oc1c(Cl)cc[n+]2c1SCC2.[Br-]. The molecule has 0 radical (unpaired) electrons. The van der Waals surface area contributed by atoms with Crippen LogP contribution in [0.1, 0.15) is 0 Å². The lowest BCUT2D eigenvalue weighted by Crippen LogP contribution is -3.00. The highest BCUT2D eigenvalue weighted by molar-refractivity contribution is 7.99. The van der Waals surface area contributed by atoms with Gasteiger partial charge in [0.15, 0.2) is 12.7 Å². The number of hydrogen-bond acceptors (Lipinski definition) is 2. The zero-order valence-corrected chi connectivity index (χ0v) is 9.29. The second-order valence-electron chi connectivity index (χ2n) is 2.36. The molecule has 2 nitrogen and oxygen atoms in total. The molecule has 2 heterocycles. The molecule has 0 amide bonds. The van der Waals surface area contributed by atoms with E-state index in [4.69, 9.17) is 11.6 Å². The van der Waals surface area contributed by atoms with E-state index in [1.807, 2.05) is 10.8 Å². The number of aryl methyl sites for hydroxylation is 1. The van der Waals surface area contributed by atoms with Gasteiger partial charge in [0.2, 0.25) is 5.75 Å². The second kappa shape index (κ2) is 3.85. The lowest BCUT2D eigenvalue weighted by Gasteiger charge is -1.95. The molecule has 1 aliphatic heterocycles. The van der Waals surface area contributed by atoms with Crippen molar-refractivity contribution in [3.05, 3.63) is 17.3 Å². The van der Waals surface area contributed by atoms with Crippen molar-refractivity contribution >= 4 is 23.4 Å². The number of fused-ring (bicyclic) bond motifs is 1. The molecular weight excluding hydrogens is 262 g/mol. The van der Waals surface area contributed by atoms with E-state index < -0.39 is 0 Å². The van der Waals surface area contributed by atoms with Crippen LogP contribution in [0.25, 0.3) is 0 Å². The summed E-state index contributed by atoms with van der Waals surface area (Å²) in [4.78, 5) is 0. The Balaban J connectivity index is 0.000000720. The van der Waals surface area contributed by atoms with Gasteiger partial charge in [-0.05, 0) is 11.8 Å². The summed E-state index contributed by atoms with van der Waals surface area (Å²) in [5.41, 5.74) is 0. The van der Waals surface area contributed by atoms with Gasteiger partial charge in [-0.3, -0.25) is 0 Å². The number of thioether (sulfide) groups is 1. The van der Waals surface area contributed by atoms with E-state index >= 15 is 0 Å². The van der Waals surface area contributed by atoms with E-state index in [2.05, 4.69) is 0 Å². The average molecular weight is 269 g/mol. The Morgan fingerprint density at radius 3 is 3.08 bits per heavy atom.